The van der Waals surface area contributed by atoms with Crippen LogP contribution in [0.1, 0.15) is 0 Å². The minimum Gasteiger partial charge on any atom is -0.398 e. The standard InChI is InChI=1S/C18H14Br2N2/c19-13-5-7-15(17(21)9-13)11-1-2-12(4-3-11)16-8-6-14(20)10-18(16)22/h1-10H,21-22H2. The van der Waals surface area contributed by atoms with Gasteiger partial charge in [-0.25, -0.2) is 0 Å². The summed E-state index contributed by atoms with van der Waals surface area (Å²) >= 11 is 6.85. The molecule has 3 aromatic carbocycles. The van der Waals surface area contributed by atoms with E-state index in [1.165, 1.54) is 0 Å². The molecule has 0 atom stereocenters. The Hall–Kier alpha value is -1.78. The van der Waals surface area contributed by atoms with E-state index in [2.05, 4.69) is 56.1 Å². The third-order valence-electron chi connectivity index (χ3n) is 3.53. The fourth-order valence-electron chi connectivity index (χ4n) is 2.42. The Morgan fingerprint density at radius 2 is 0.909 bits per heavy atom. The molecule has 0 amide bonds. The van der Waals surface area contributed by atoms with Crippen LogP contribution in [0.15, 0.2) is 69.6 Å². The van der Waals surface area contributed by atoms with E-state index in [1.54, 1.807) is 0 Å². The van der Waals surface area contributed by atoms with Gasteiger partial charge in [0.15, 0.2) is 0 Å². The lowest BCUT2D eigenvalue weighted by Gasteiger charge is -2.10. The molecule has 0 aliphatic carbocycles. The highest BCUT2D eigenvalue weighted by Crippen LogP contribution is 2.32. The zero-order valence-electron chi connectivity index (χ0n) is 11.7. The largest absolute Gasteiger partial charge is 0.398 e. The zero-order valence-corrected chi connectivity index (χ0v) is 14.9. The SMILES string of the molecule is Nc1cc(Br)ccc1-c1ccc(-c2ccc(Br)cc2N)cc1. The molecule has 0 aliphatic heterocycles. The predicted octanol–water partition coefficient (Wildman–Crippen LogP) is 5.71. The first-order chi connectivity index (χ1) is 10.5. The number of nitrogens with two attached hydrogens (primary N) is 2. The van der Waals surface area contributed by atoms with Crippen LogP contribution >= 0.6 is 31.9 Å². The number of halogens is 2. The van der Waals surface area contributed by atoms with Gasteiger partial charge in [-0.05, 0) is 35.4 Å². The molecule has 0 heterocycles. The molecule has 0 unspecified atom stereocenters. The van der Waals surface area contributed by atoms with E-state index in [-0.39, 0.29) is 0 Å². The van der Waals surface area contributed by atoms with E-state index >= 15 is 0 Å². The summed E-state index contributed by atoms with van der Waals surface area (Å²) in [5.41, 5.74) is 17.9. The van der Waals surface area contributed by atoms with Crippen LogP contribution in [0.3, 0.4) is 0 Å². The molecule has 2 nitrogen and oxygen atoms in total. The second-order valence-electron chi connectivity index (χ2n) is 5.04. The normalized spacial score (nSPS) is 10.6. The quantitative estimate of drug-likeness (QED) is 0.524. The maximum Gasteiger partial charge on any atom is 0.0405 e. The van der Waals surface area contributed by atoms with E-state index in [1.807, 2.05) is 36.4 Å². The molecule has 0 radical (unpaired) electrons. The maximum atomic E-state index is 6.09. The Bertz CT molecular complexity index is 756. The first kappa shape index (κ1) is 15.1. The number of hydrogen-bond acceptors (Lipinski definition) is 2. The highest BCUT2D eigenvalue weighted by atomic mass is 79.9. The van der Waals surface area contributed by atoms with Crippen LogP contribution in [-0.2, 0) is 0 Å². The summed E-state index contributed by atoms with van der Waals surface area (Å²) in [4.78, 5) is 0. The topological polar surface area (TPSA) is 52.0 Å². The minimum absolute atomic E-state index is 0.755. The van der Waals surface area contributed by atoms with Crippen molar-refractivity contribution in [3.8, 4) is 22.3 Å². The van der Waals surface area contributed by atoms with Gasteiger partial charge >= 0.3 is 0 Å². The monoisotopic (exact) mass is 416 g/mol. The fourth-order valence-corrected chi connectivity index (χ4v) is 3.18. The lowest BCUT2D eigenvalue weighted by Crippen LogP contribution is -1.91. The Morgan fingerprint density at radius 1 is 0.545 bits per heavy atom. The lowest BCUT2D eigenvalue weighted by molar-refractivity contribution is 1.56. The highest BCUT2D eigenvalue weighted by Gasteiger charge is 2.06. The summed E-state index contributed by atoms with van der Waals surface area (Å²) in [7, 11) is 0. The van der Waals surface area contributed by atoms with Gasteiger partial charge in [-0.1, -0.05) is 68.3 Å². The molecule has 3 rings (SSSR count). The Morgan fingerprint density at radius 3 is 1.23 bits per heavy atom. The zero-order chi connectivity index (χ0) is 15.7. The van der Waals surface area contributed by atoms with E-state index in [0.717, 1.165) is 42.6 Å². The number of benzene rings is 3. The summed E-state index contributed by atoms with van der Waals surface area (Å²) in [6.07, 6.45) is 0. The van der Waals surface area contributed by atoms with Crippen LogP contribution in [0.2, 0.25) is 0 Å². The van der Waals surface area contributed by atoms with E-state index in [4.69, 9.17) is 11.5 Å². The van der Waals surface area contributed by atoms with Crippen molar-refractivity contribution in [3.63, 3.8) is 0 Å². The fraction of sp³-hybridized carbons (Fsp3) is 0. The van der Waals surface area contributed by atoms with Gasteiger partial charge in [0.1, 0.15) is 0 Å². The summed E-state index contributed by atoms with van der Waals surface area (Å²) in [6.45, 7) is 0. The van der Waals surface area contributed by atoms with E-state index in [9.17, 15) is 0 Å². The first-order valence-electron chi connectivity index (χ1n) is 6.75. The Labute approximate surface area is 146 Å². The first-order valence-corrected chi connectivity index (χ1v) is 8.34. The average molecular weight is 418 g/mol. The Balaban J connectivity index is 1.99. The highest BCUT2D eigenvalue weighted by molar-refractivity contribution is 9.10. The van der Waals surface area contributed by atoms with Gasteiger partial charge in [-0.15, -0.1) is 0 Å². The molecule has 0 spiro atoms. The number of rotatable bonds is 2. The van der Waals surface area contributed by atoms with Crippen molar-refractivity contribution in [1.29, 1.82) is 0 Å². The third kappa shape index (κ3) is 3.03. The molecule has 4 N–H and O–H groups in total. The lowest BCUT2D eigenvalue weighted by atomic mass is 9.98. The molecule has 4 heteroatoms. The summed E-state index contributed by atoms with van der Waals surface area (Å²) in [5.74, 6) is 0. The maximum absolute atomic E-state index is 6.09. The van der Waals surface area contributed by atoms with Crippen LogP contribution in [-0.4, -0.2) is 0 Å². The van der Waals surface area contributed by atoms with Gasteiger partial charge in [-0.3, -0.25) is 0 Å². The average Bonchev–Trinajstić information content (AvgIpc) is 2.48. The van der Waals surface area contributed by atoms with Crippen molar-refractivity contribution >= 4 is 43.2 Å². The number of nitrogen functional groups attached to an aromatic ring is 2. The second-order valence-corrected chi connectivity index (χ2v) is 6.87. The smallest absolute Gasteiger partial charge is 0.0405 e. The van der Waals surface area contributed by atoms with Crippen LogP contribution in [0.5, 0.6) is 0 Å². The van der Waals surface area contributed by atoms with Gasteiger partial charge in [0.2, 0.25) is 0 Å². The van der Waals surface area contributed by atoms with Crippen LogP contribution < -0.4 is 11.5 Å². The summed E-state index contributed by atoms with van der Waals surface area (Å²) < 4.78 is 1.96. The molecule has 0 aliphatic rings. The molecule has 0 saturated heterocycles. The number of anilines is 2. The van der Waals surface area contributed by atoms with Crippen LogP contribution in [0.4, 0.5) is 11.4 Å². The summed E-state index contributed by atoms with van der Waals surface area (Å²) in [6, 6.07) is 20.1. The molecule has 0 bridgehead atoms. The summed E-state index contributed by atoms with van der Waals surface area (Å²) in [5, 5.41) is 0. The van der Waals surface area contributed by atoms with Gasteiger partial charge in [-0.2, -0.15) is 0 Å². The second kappa shape index (κ2) is 6.15. The molecule has 0 aromatic heterocycles. The van der Waals surface area contributed by atoms with Crippen molar-refractivity contribution < 1.29 is 0 Å². The molecule has 0 saturated carbocycles. The van der Waals surface area contributed by atoms with Crippen molar-refractivity contribution in [2.75, 3.05) is 11.5 Å². The molecular formula is C18H14Br2N2. The van der Waals surface area contributed by atoms with Gasteiger partial charge in [0.25, 0.3) is 0 Å². The van der Waals surface area contributed by atoms with Gasteiger partial charge in [0.05, 0.1) is 0 Å². The molecule has 22 heavy (non-hydrogen) atoms. The van der Waals surface area contributed by atoms with Crippen molar-refractivity contribution in [3.05, 3.63) is 69.6 Å². The van der Waals surface area contributed by atoms with Gasteiger partial charge < -0.3 is 11.5 Å². The molecule has 0 fully saturated rings. The number of hydrogen-bond donors (Lipinski definition) is 2. The van der Waals surface area contributed by atoms with E-state index in [0.29, 0.717) is 0 Å². The van der Waals surface area contributed by atoms with E-state index < -0.39 is 0 Å². The molecular weight excluding hydrogens is 404 g/mol. The predicted molar refractivity (Wildman–Crippen MR) is 102 cm³/mol. The van der Waals surface area contributed by atoms with Gasteiger partial charge in [0, 0.05) is 31.4 Å². The molecule has 110 valence electrons. The van der Waals surface area contributed by atoms with Crippen molar-refractivity contribution in [2.45, 2.75) is 0 Å². The molecule has 3 aromatic rings. The van der Waals surface area contributed by atoms with Crippen LogP contribution in [0, 0.1) is 0 Å². The van der Waals surface area contributed by atoms with Crippen molar-refractivity contribution in [2.24, 2.45) is 0 Å². The third-order valence-corrected chi connectivity index (χ3v) is 4.52. The minimum atomic E-state index is 0.755. The van der Waals surface area contributed by atoms with Crippen LogP contribution in [0.25, 0.3) is 22.3 Å². The van der Waals surface area contributed by atoms with Crippen molar-refractivity contribution in [1.82, 2.24) is 0 Å². The Kier molecular flexibility index (Phi) is 4.23.